The van der Waals surface area contributed by atoms with E-state index in [0.717, 1.165) is 32.1 Å². The molecule has 0 unspecified atom stereocenters. The van der Waals surface area contributed by atoms with Gasteiger partial charge in [0, 0.05) is 12.0 Å². The van der Waals surface area contributed by atoms with Gasteiger partial charge >= 0.3 is 5.97 Å². The van der Waals surface area contributed by atoms with E-state index in [1.165, 1.54) is 20.0 Å². The molecule has 0 atom stereocenters. The highest BCUT2D eigenvalue weighted by atomic mass is 16.5. The first-order valence-electron chi connectivity index (χ1n) is 8.23. The third-order valence-corrected chi connectivity index (χ3v) is 3.64. The summed E-state index contributed by atoms with van der Waals surface area (Å²) in [6, 6.07) is 6.94. The third-order valence-electron chi connectivity index (χ3n) is 3.64. The lowest BCUT2D eigenvalue weighted by Gasteiger charge is -2.07. The standard InChI is InChI=1S/C18H27NO4/c1-22-17(20)12-7-5-3-2-4-6-8-13-23-16-11-9-10-15(14-16)18(19)21/h9-11,14H,2-8,12-13H2,1H3,(H2,19,21). The predicted octanol–water partition coefficient (Wildman–Crippen LogP) is 3.46. The zero-order valence-corrected chi connectivity index (χ0v) is 13.9. The summed E-state index contributed by atoms with van der Waals surface area (Å²) in [5.41, 5.74) is 5.70. The molecule has 0 heterocycles. The van der Waals surface area contributed by atoms with Crippen LogP contribution in [0.25, 0.3) is 0 Å². The molecule has 1 aromatic rings. The van der Waals surface area contributed by atoms with Crippen LogP contribution < -0.4 is 10.5 Å². The van der Waals surface area contributed by atoms with Gasteiger partial charge in [0.1, 0.15) is 5.75 Å². The Hall–Kier alpha value is -2.04. The molecule has 1 aromatic carbocycles. The van der Waals surface area contributed by atoms with Gasteiger partial charge in [0.25, 0.3) is 0 Å². The van der Waals surface area contributed by atoms with Gasteiger partial charge in [-0.1, -0.05) is 38.2 Å². The summed E-state index contributed by atoms with van der Waals surface area (Å²) in [5, 5.41) is 0. The van der Waals surface area contributed by atoms with Crippen molar-refractivity contribution in [2.45, 2.75) is 51.4 Å². The Balaban J connectivity index is 1.98. The van der Waals surface area contributed by atoms with Crippen molar-refractivity contribution in [3.8, 4) is 5.75 Å². The minimum atomic E-state index is -0.442. The molecule has 0 spiro atoms. The topological polar surface area (TPSA) is 78.6 Å². The number of benzene rings is 1. The van der Waals surface area contributed by atoms with Crippen LogP contribution in [-0.2, 0) is 9.53 Å². The number of hydrogen-bond donors (Lipinski definition) is 1. The molecule has 0 fully saturated rings. The highest BCUT2D eigenvalue weighted by Crippen LogP contribution is 2.14. The van der Waals surface area contributed by atoms with E-state index in [-0.39, 0.29) is 5.97 Å². The number of unbranched alkanes of at least 4 members (excludes halogenated alkanes) is 6. The van der Waals surface area contributed by atoms with Crippen LogP contribution in [0.5, 0.6) is 5.75 Å². The zero-order valence-electron chi connectivity index (χ0n) is 13.9. The number of rotatable bonds is 12. The van der Waals surface area contributed by atoms with Gasteiger partial charge in [0.15, 0.2) is 0 Å². The molecule has 0 bridgehead atoms. The lowest BCUT2D eigenvalue weighted by atomic mass is 10.1. The fourth-order valence-corrected chi connectivity index (χ4v) is 2.29. The number of primary amides is 1. The van der Waals surface area contributed by atoms with E-state index in [9.17, 15) is 9.59 Å². The molecule has 0 aliphatic rings. The number of amides is 1. The molecular formula is C18H27NO4. The smallest absolute Gasteiger partial charge is 0.305 e. The Morgan fingerprint density at radius 1 is 1.00 bits per heavy atom. The monoisotopic (exact) mass is 321 g/mol. The summed E-state index contributed by atoms with van der Waals surface area (Å²) in [4.78, 5) is 22.0. The van der Waals surface area contributed by atoms with Crippen LogP contribution in [0, 0.1) is 0 Å². The van der Waals surface area contributed by atoms with Gasteiger partial charge in [0.2, 0.25) is 5.91 Å². The van der Waals surface area contributed by atoms with Crippen LogP contribution in [0.4, 0.5) is 0 Å². The Labute approximate surface area is 138 Å². The van der Waals surface area contributed by atoms with Crippen molar-refractivity contribution in [3.05, 3.63) is 29.8 Å². The minimum Gasteiger partial charge on any atom is -0.494 e. The highest BCUT2D eigenvalue weighted by molar-refractivity contribution is 5.93. The number of carbonyl (C=O) groups is 2. The van der Waals surface area contributed by atoms with Crippen LogP contribution in [0.2, 0.25) is 0 Å². The van der Waals surface area contributed by atoms with Gasteiger partial charge in [-0.25, -0.2) is 0 Å². The van der Waals surface area contributed by atoms with Crippen molar-refractivity contribution in [1.82, 2.24) is 0 Å². The second kappa shape index (κ2) is 11.5. The molecule has 0 aliphatic carbocycles. The first-order valence-corrected chi connectivity index (χ1v) is 8.23. The SMILES string of the molecule is COC(=O)CCCCCCCCCOc1cccc(C(N)=O)c1. The average molecular weight is 321 g/mol. The van der Waals surface area contributed by atoms with Crippen LogP contribution in [0.3, 0.4) is 0 Å². The molecule has 0 aliphatic heterocycles. The van der Waals surface area contributed by atoms with Crippen molar-refractivity contribution in [1.29, 1.82) is 0 Å². The van der Waals surface area contributed by atoms with Gasteiger partial charge in [-0.05, 0) is 31.0 Å². The van der Waals surface area contributed by atoms with E-state index < -0.39 is 5.91 Å². The third kappa shape index (κ3) is 8.86. The second-order valence-corrected chi connectivity index (χ2v) is 5.54. The molecule has 5 heteroatoms. The van der Waals surface area contributed by atoms with E-state index in [2.05, 4.69) is 4.74 Å². The summed E-state index contributed by atoms with van der Waals surface area (Å²) in [5.74, 6) is 0.120. The molecule has 0 aromatic heterocycles. The zero-order chi connectivity index (χ0) is 16.9. The number of nitrogens with two attached hydrogens (primary N) is 1. The average Bonchev–Trinajstić information content (AvgIpc) is 2.56. The predicted molar refractivity (Wildman–Crippen MR) is 89.4 cm³/mol. The molecule has 2 N–H and O–H groups in total. The minimum absolute atomic E-state index is 0.123. The second-order valence-electron chi connectivity index (χ2n) is 5.54. The fraction of sp³-hybridized carbons (Fsp3) is 0.556. The number of hydrogen-bond acceptors (Lipinski definition) is 4. The van der Waals surface area contributed by atoms with Crippen molar-refractivity contribution in [2.75, 3.05) is 13.7 Å². The lowest BCUT2D eigenvalue weighted by Crippen LogP contribution is -2.10. The molecule has 0 saturated carbocycles. The normalized spacial score (nSPS) is 10.3. The molecule has 0 saturated heterocycles. The van der Waals surface area contributed by atoms with Crippen molar-refractivity contribution >= 4 is 11.9 Å². The Morgan fingerprint density at radius 2 is 1.65 bits per heavy atom. The van der Waals surface area contributed by atoms with Crippen LogP contribution >= 0.6 is 0 Å². The summed E-state index contributed by atoms with van der Waals surface area (Å²) < 4.78 is 10.2. The molecule has 23 heavy (non-hydrogen) atoms. The van der Waals surface area contributed by atoms with E-state index >= 15 is 0 Å². The number of esters is 1. The van der Waals surface area contributed by atoms with Crippen molar-refractivity contribution < 1.29 is 19.1 Å². The van der Waals surface area contributed by atoms with Crippen molar-refractivity contribution in [3.63, 3.8) is 0 Å². The van der Waals surface area contributed by atoms with Gasteiger partial charge in [-0.2, -0.15) is 0 Å². The van der Waals surface area contributed by atoms with Gasteiger partial charge in [0.05, 0.1) is 13.7 Å². The first-order chi connectivity index (χ1) is 11.1. The highest BCUT2D eigenvalue weighted by Gasteiger charge is 2.02. The molecule has 1 amide bonds. The van der Waals surface area contributed by atoms with Crippen LogP contribution in [-0.4, -0.2) is 25.6 Å². The van der Waals surface area contributed by atoms with Crippen LogP contribution in [0.15, 0.2) is 24.3 Å². The maximum Gasteiger partial charge on any atom is 0.305 e. The summed E-state index contributed by atoms with van der Waals surface area (Å²) in [7, 11) is 1.43. The number of methoxy groups -OCH3 is 1. The van der Waals surface area contributed by atoms with Crippen molar-refractivity contribution in [2.24, 2.45) is 5.73 Å². The lowest BCUT2D eigenvalue weighted by molar-refractivity contribution is -0.140. The van der Waals surface area contributed by atoms with Gasteiger partial charge in [-0.3, -0.25) is 9.59 Å². The maximum absolute atomic E-state index is 11.1. The summed E-state index contributed by atoms with van der Waals surface area (Å²) in [6.45, 7) is 0.643. The number of ether oxygens (including phenoxy) is 2. The molecule has 128 valence electrons. The molecular weight excluding hydrogens is 294 g/mol. The van der Waals surface area contributed by atoms with E-state index in [1.54, 1.807) is 18.2 Å². The molecule has 5 nitrogen and oxygen atoms in total. The van der Waals surface area contributed by atoms with E-state index in [0.29, 0.717) is 24.3 Å². The van der Waals surface area contributed by atoms with Gasteiger partial charge < -0.3 is 15.2 Å². The number of carbonyl (C=O) groups excluding carboxylic acids is 2. The Bertz CT molecular complexity index is 488. The Kier molecular flexibility index (Phi) is 9.52. The van der Waals surface area contributed by atoms with E-state index in [1.807, 2.05) is 6.07 Å². The fourth-order valence-electron chi connectivity index (χ4n) is 2.29. The van der Waals surface area contributed by atoms with E-state index in [4.69, 9.17) is 10.5 Å². The van der Waals surface area contributed by atoms with Crippen LogP contribution in [0.1, 0.15) is 61.7 Å². The van der Waals surface area contributed by atoms with Gasteiger partial charge in [-0.15, -0.1) is 0 Å². The largest absolute Gasteiger partial charge is 0.494 e. The quantitative estimate of drug-likeness (QED) is 0.472. The first kappa shape index (κ1) is 19.0. The Morgan fingerprint density at radius 3 is 2.30 bits per heavy atom. The molecule has 0 radical (unpaired) electrons. The molecule has 1 rings (SSSR count). The maximum atomic E-state index is 11.1. The summed E-state index contributed by atoms with van der Waals surface area (Å²) >= 11 is 0. The summed E-state index contributed by atoms with van der Waals surface area (Å²) in [6.07, 6.45) is 8.11.